The third kappa shape index (κ3) is 6.09. The van der Waals surface area contributed by atoms with Gasteiger partial charge in [0.1, 0.15) is 18.3 Å². The van der Waals surface area contributed by atoms with Gasteiger partial charge in [0, 0.05) is 24.3 Å². The number of benzene rings is 1. The van der Waals surface area contributed by atoms with E-state index in [4.69, 9.17) is 4.74 Å². The highest BCUT2D eigenvalue weighted by Gasteiger charge is 2.41. The molecule has 3 rings (SSSR count). The van der Waals surface area contributed by atoms with Crippen LogP contribution in [0.2, 0.25) is 0 Å². The maximum Gasteiger partial charge on any atom is 0.313 e. The van der Waals surface area contributed by atoms with Gasteiger partial charge in [-0.1, -0.05) is 44.2 Å². The molecule has 7 heteroatoms. The fourth-order valence-corrected chi connectivity index (χ4v) is 4.78. The Labute approximate surface area is 181 Å². The topological polar surface area (TPSA) is 107 Å². The fourth-order valence-electron chi connectivity index (χ4n) is 4.78. The number of hydrogen-bond donors (Lipinski definition) is 1. The fraction of sp³-hybridized carbons (Fsp3) is 0.542. The van der Waals surface area contributed by atoms with Gasteiger partial charge in [0.2, 0.25) is 11.8 Å². The molecule has 0 aromatic heterocycles. The molecule has 166 valence electrons. The standard InChI is InChI=1S/C24H29NO6/c1-14-8-15(2)24(30)18(9-14)20(10-16-11-21(27)25-22(28)12-16)31-23(29)13-19(26)17-6-4-3-5-7-17/h3-7,14-16,18,20H,8-13H2,1-2H3,(H,25,27,28)/t14-,15+,18+,20+/m1/s1. The predicted octanol–water partition coefficient (Wildman–Crippen LogP) is 2.87. The highest BCUT2D eigenvalue weighted by molar-refractivity contribution is 6.06. The average Bonchev–Trinajstić information content (AvgIpc) is 2.70. The van der Waals surface area contributed by atoms with Crippen molar-refractivity contribution in [3.63, 3.8) is 0 Å². The zero-order valence-corrected chi connectivity index (χ0v) is 18.0. The first-order valence-electron chi connectivity index (χ1n) is 10.9. The maximum atomic E-state index is 12.9. The first-order chi connectivity index (χ1) is 14.7. The van der Waals surface area contributed by atoms with Gasteiger partial charge >= 0.3 is 5.97 Å². The summed E-state index contributed by atoms with van der Waals surface area (Å²) in [5, 5.41) is 2.27. The van der Waals surface area contributed by atoms with Crippen molar-refractivity contribution in [1.29, 1.82) is 0 Å². The minimum Gasteiger partial charge on any atom is -0.461 e. The number of hydrogen-bond acceptors (Lipinski definition) is 6. The van der Waals surface area contributed by atoms with Crippen molar-refractivity contribution in [3.8, 4) is 0 Å². The van der Waals surface area contributed by atoms with Gasteiger partial charge in [0.15, 0.2) is 5.78 Å². The number of Topliss-reactive ketones (excluding diaryl/α,β-unsaturated/α-hetero) is 2. The number of nitrogens with one attached hydrogen (secondary N) is 1. The van der Waals surface area contributed by atoms with E-state index in [1.807, 2.05) is 6.92 Å². The van der Waals surface area contributed by atoms with Crippen molar-refractivity contribution >= 4 is 29.4 Å². The second-order valence-corrected chi connectivity index (χ2v) is 8.96. The summed E-state index contributed by atoms with van der Waals surface area (Å²) in [5.41, 5.74) is 0.418. The van der Waals surface area contributed by atoms with Crippen LogP contribution in [-0.4, -0.2) is 35.5 Å². The number of rotatable bonds is 7. The highest BCUT2D eigenvalue weighted by atomic mass is 16.5. The molecule has 7 nitrogen and oxygen atoms in total. The van der Waals surface area contributed by atoms with Crippen molar-refractivity contribution in [3.05, 3.63) is 35.9 Å². The number of imide groups is 1. The molecule has 0 radical (unpaired) electrons. The Morgan fingerprint density at radius 2 is 1.68 bits per heavy atom. The molecule has 0 bridgehead atoms. The molecule has 1 N–H and O–H groups in total. The number of ketones is 2. The van der Waals surface area contributed by atoms with E-state index in [0.717, 1.165) is 6.42 Å². The van der Waals surface area contributed by atoms with Gasteiger partial charge in [-0.25, -0.2) is 0 Å². The van der Waals surface area contributed by atoms with Crippen molar-refractivity contribution in [1.82, 2.24) is 5.32 Å². The van der Waals surface area contributed by atoms with Crippen LogP contribution in [0.1, 0.15) is 62.7 Å². The Balaban J connectivity index is 1.73. The van der Waals surface area contributed by atoms with Crippen LogP contribution in [0.25, 0.3) is 0 Å². The molecule has 31 heavy (non-hydrogen) atoms. The Morgan fingerprint density at radius 3 is 2.32 bits per heavy atom. The molecule has 2 aliphatic rings. The van der Waals surface area contributed by atoms with E-state index in [9.17, 15) is 24.0 Å². The molecule has 0 spiro atoms. The molecule has 1 aliphatic carbocycles. The van der Waals surface area contributed by atoms with Crippen LogP contribution >= 0.6 is 0 Å². The lowest BCUT2D eigenvalue weighted by molar-refractivity contribution is -0.156. The van der Waals surface area contributed by atoms with Crippen LogP contribution < -0.4 is 5.32 Å². The van der Waals surface area contributed by atoms with Crippen molar-refractivity contribution in [2.45, 2.75) is 58.5 Å². The molecule has 1 saturated heterocycles. The lowest BCUT2D eigenvalue weighted by Crippen LogP contribution is -2.44. The Morgan fingerprint density at radius 1 is 1.03 bits per heavy atom. The van der Waals surface area contributed by atoms with Crippen LogP contribution in [0.4, 0.5) is 0 Å². The Bertz CT molecular complexity index is 848. The molecule has 2 amide bonds. The number of esters is 1. The molecular weight excluding hydrogens is 398 g/mol. The van der Waals surface area contributed by atoms with E-state index in [0.29, 0.717) is 17.9 Å². The summed E-state index contributed by atoms with van der Waals surface area (Å²) >= 11 is 0. The smallest absolute Gasteiger partial charge is 0.313 e. The van der Waals surface area contributed by atoms with Crippen molar-refractivity contribution < 1.29 is 28.7 Å². The van der Waals surface area contributed by atoms with Gasteiger partial charge in [-0.3, -0.25) is 29.3 Å². The van der Waals surface area contributed by atoms with E-state index in [1.54, 1.807) is 30.3 Å². The van der Waals surface area contributed by atoms with Crippen LogP contribution in [0.3, 0.4) is 0 Å². The van der Waals surface area contributed by atoms with E-state index in [1.165, 1.54) is 0 Å². The van der Waals surface area contributed by atoms with Crippen LogP contribution in [-0.2, 0) is 23.9 Å². The first kappa shape index (κ1) is 22.8. The van der Waals surface area contributed by atoms with Gasteiger partial charge in [0.25, 0.3) is 0 Å². The van der Waals surface area contributed by atoms with Crippen molar-refractivity contribution in [2.24, 2.45) is 23.7 Å². The van der Waals surface area contributed by atoms with Gasteiger partial charge in [-0.05, 0) is 31.1 Å². The second kappa shape index (κ2) is 9.98. The van der Waals surface area contributed by atoms with Crippen LogP contribution in [0.5, 0.6) is 0 Å². The van der Waals surface area contributed by atoms with E-state index in [2.05, 4.69) is 12.2 Å². The minimum atomic E-state index is -0.752. The second-order valence-electron chi connectivity index (χ2n) is 8.96. The summed E-state index contributed by atoms with van der Waals surface area (Å²) in [5.74, 6) is -2.36. The van der Waals surface area contributed by atoms with E-state index < -0.39 is 24.4 Å². The lowest BCUT2D eigenvalue weighted by atomic mass is 9.71. The zero-order chi connectivity index (χ0) is 22.5. The van der Waals surface area contributed by atoms with Gasteiger partial charge in [0.05, 0.1) is 5.92 Å². The predicted molar refractivity (Wildman–Crippen MR) is 112 cm³/mol. The monoisotopic (exact) mass is 427 g/mol. The zero-order valence-electron chi connectivity index (χ0n) is 18.0. The molecule has 1 aromatic rings. The Hall–Kier alpha value is -2.83. The minimum absolute atomic E-state index is 0.0388. The first-order valence-corrected chi connectivity index (χ1v) is 10.9. The largest absolute Gasteiger partial charge is 0.461 e. The van der Waals surface area contributed by atoms with Crippen molar-refractivity contribution in [2.75, 3.05) is 0 Å². The number of carbonyl (C=O) groups is 5. The summed E-state index contributed by atoms with van der Waals surface area (Å²) in [6, 6.07) is 8.48. The summed E-state index contributed by atoms with van der Waals surface area (Å²) in [6.07, 6.45) is 0.742. The third-order valence-electron chi connectivity index (χ3n) is 6.19. The number of amides is 2. The normalized spacial score (nSPS) is 25.6. The molecule has 2 fully saturated rings. The molecule has 4 atom stereocenters. The van der Waals surface area contributed by atoms with E-state index in [-0.39, 0.29) is 54.5 Å². The summed E-state index contributed by atoms with van der Waals surface area (Å²) in [7, 11) is 0. The molecule has 1 saturated carbocycles. The third-order valence-corrected chi connectivity index (χ3v) is 6.19. The summed E-state index contributed by atoms with van der Waals surface area (Å²) in [6.45, 7) is 3.94. The van der Waals surface area contributed by atoms with Gasteiger partial charge in [-0.15, -0.1) is 0 Å². The van der Waals surface area contributed by atoms with Gasteiger partial charge < -0.3 is 4.74 Å². The Kier molecular flexibility index (Phi) is 7.36. The molecule has 1 heterocycles. The molecular formula is C24H29NO6. The number of ether oxygens (including phenoxy) is 1. The maximum absolute atomic E-state index is 12.9. The van der Waals surface area contributed by atoms with Gasteiger partial charge in [-0.2, -0.15) is 0 Å². The molecule has 1 aliphatic heterocycles. The summed E-state index contributed by atoms with van der Waals surface area (Å²) in [4.78, 5) is 61.5. The number of carbonyl (C=O) groups excluding carboxylic acids is 5. The highest BCUT2D eigenvalue weighted by Crippen LogP contribution is 2.36. The SMILES string of the molecule is C[C@H]1C[C@@H]([C@H](CC2CC(=O)NC(=O)C2)OC(=O)CC(=O)c2ccccc2)C(=O)[C@@H](C)C1. The molecule has 0 unspecified atom stereocenters. The lowest BCUT2D eigenvalue weighted by Gasteiger charge is -2.36. The quantitative estimate of drug-likeness (QED) is 0.310. The van der Waals surface area contributed by atoms with E-state index >= 15 is 0 Å². The summed E-state index contributed by atoms with van der Waals surface area (Å²) < 4.78 is 5.70. The van der Waals surface area contributed by atoms with Crippen LogP contribution in [0, 0.1) is 23.7 Å². The molecule has 1 aromatic carbocycles. The van der Waals surface area contributed by atoms with Crippen LogP contribution in [0.15, 0.2) is 30.3 Å². The average molecular weight is 427 g/mol. The number of piperidine rings is 1.